The number of nitrogens with zero attached hydrogens (tertiary/aromatic N) is 1. The zero-order valence-corrected chi connectivity index (χ0v) is 12.5. The summed E-state index contributed by atoms with van der Waals surface area (Å²) in [7, 11) is 0. The molecule has 0 aromatic rings. The third kappa shape index (κ3) is 3.25. The second-order valence-electron chi connectivity index (χ2n) is 6.28. The maximum Gasteiger partial charge on any atom is 0.317 e. The van der Waals surface area contributed by atoms with E-state index in [9.17, 15) is 9.59 Å². The highest BCUT2D eigenvalue weighted by atomic mass is 16.4. The second-order valence-corrected chi connectivity index (χ2v) is 6.28. The largest absolute Gasteiger partial charge is 0.481 e. The highest BCUT2D eigenvalue weighted by Crippen LogP contribution is 2.34. The molecule has 0 bridgehead atoms. The van der Waals surface area contributed by atoms with Crippen molar-refractivity contribution in [1.29, 1.82) is 0 Å². The standard InChI is InChI=1S/C15H26N2O3/c1-3-11-6-7-13(10(11)2)16-15(20)17-8-4-5-12(9-17)14(18)19/h10-13H,3-9H2,1-2H3,(H,16,20)(H,18,19)/t10?,11?,12-,13?/m0/s1. The molecular formula is C15H26N2O3. The number of urea groups is 1. The van der Waals surface area contributed by atoms with Gasteiger partial charge in [0.25, 0.3) is 0 Å². The molecule has 2 amide bonds. The number of carbonyl (C=O) groups excluding carboxylic acids is 1. The molecule has 2 N–H and O–H groups in total. The van der Waals surface area contributed by atoms with Gasteiger partial charge in [0.1, 0.15) is 0 Å². The summed E-state index contributed by atoms with van der Waals surface area (Å²) in [6.07, 6.45) is 4.85. The average Bonchev–Trinajstić information content (AvgIpc) is 2.79. The van der Waals surface area contributed by atoms with Crippen LogP contribution in [-0.4, -0.2) is 41.1 Å². The molecule has 4 atom stereocenters. The van der Waals surface area contributed by atoms with Gasteiger partial charge in [-0.25, -0.2) is 4.79 Å². The van der Waals surface area contributed by atoms with Crippen LogP contribution in [0, 0.1) is 17.8 Å². The first-order valence-corrected chi connectivity index (χ1v) is 7.81. The lowest BCUT2D eigenvalue weighted by Gasteiger charge is -2.32. The Morgan fingerprint density at radius 3 is 2.65 bits per heavy atom. The molecule has 2 rings (SSSR count). The Morgan fingerprint density at radius 1 is 1.30 bits per heavy atom. The molecule has 0 spiro atoms. The zero-order valence-electron chi connectivity index (χ0n) is 12.5. The smallest absolute Gasteiger partial charge is 0.317 e. The molecule has 114 valence electrons. The minimum absolute atomic E-state index is 0.0791. The molecule has 1 saturated carbocycles. The first-order valence-electron chi connectivity index (χ1n) is 7.81. The zero-order chi connectivity index (χ0) is 14.7. The van der Waals surface area contributed by atoms with E-state index in [1.807, 2.05) is 0 Å². The van der Waals surface area contributed by atoms with Gasteiger partial charge in [-0.2, -0.15) is 0 Å². The predicted octanol–water partition coefficient (Wildman–Crippen LogP) is 2.32. The van der Waals surface area contributed by atoms with Gasteiger partial charge >= 0.3 is 12.0 Å². The van der Waals surface area contributed by atoms with Crippen LogP contribution >= 0.6 is 0 Å². The van der Waals surface area contributed by atoms with Crippen molar-refractivity contribution in [1.82, 2.24) is 10.2 Å². The van der Waals surface area contributed by atoms with E-state index in [-0.39, 0.29) is 12.1 Å². The van der Waals surface area contributed by atoms with Gasteiger partial charge < -0.3 is 15.3 Å². The van der Waals surface area contributed by atoms with Crippen LogP contribution < -0.4 is 5.32 Å². The van der Waals surface area contributed by atoms with Crippen LogP contribution in [0.3, 0.4) is 0 Å². The van der Waals surface area contributed by atoms with Gasteiger partial charge in [0.15, 0.2) is 0 Å². The van der Waals surface area contributed by atoms with Crippen molar-refractivity contribution < 1.29 is 14.7 Å². The van der Waals surface area contributed by atoms with Crippen LogP contribution in [0.25, 0.3) is 0 Å². The average molecular weight is 282 g/mol. The van der Waals surface area contributed by atoms with E-state index in [4.69, 9.17) is 5.11 Å². The van der Waals surface area contributed by atoms with Crippen LogP contribution in [0.2, 0.25) is 0 Å². The molecule has 0 radical (unpaired) electrons. The Kier molecular flexibility index (Phi) is 4.89. The Hall–Kier alpha value is -1.26. The number of piperidine rings is 1. The van der Waals surface area contributed by atoms with Gasteiger partial charge in [-0.1, -0.05) is 20.3 Å². The summed E-state index contributed by atoms with van der Waals surface area (Å²) in [5.41, 5.74) is 0. The van der Waals surface area contributed by atoms with Gasteiger partial charge in [0.2, 0.25) is 0 Å². The van der Waals surface area contributed by atoms with Crippen LogP contribution in [0.4, 0.5) is 4.79 Å². The summed E-state index contributed by atoms with van der Waals surface area (Å²) in [5.74, 6) is 0.0270. The molecule has 1 aliphatic heterocycles. The third-order valence-corrected chi connectivity index (χ3v) is 5.12. The third-order valence-electron chi connectivity index (χ3n) is 5.12. The molecule has 1 saturated heterocycles. The second kappa shape index (κ2) is 6.46. The summed E-state index contributed by atoms with van der Waals surface area (Å²) < 4.78 is 0. The minimum Gasteiger partial charge on any atom is -0.481 e. The summed E-state index contributed by atoms with van der Waals surface area (Å²) in [4.78, 5) is 25.0. The van der Waals surface area contributed by atoms with Crippen molar-refractivity contribution >= 4 is 12.0 Å². The summed E-state index contributed by atoms with van der Waals surface area (Å²) >= 11 is 0. The number of likely N-dealkylation sites (tertiary alicyclic amines) is 1. The number of carbonyl (C=O) groups is 2. The maximum atomic E-state index is 12.3. The monoisotopic (exact) mass is 282 g/mol. The molecule has 0 aromatic heterocycles. The summed E-state index contributed by atoms with van der Waals surface area (Å²) in [6.45, 7) is 5.43. The van der Waals surface area contributed by atoms with Gasteiger partial charge in [0, 0.05) is 19.1 Å². The topological polar surface area (TPSA) is 69.6 Å². The Labute approximate surface area is 120 Å². The van der Waals surface area contributed by atoms with Crippen molar-refractivity contribution in [2.75, 3.05) is 13.1 Å². The molecule has 20 heavy (non-hydrogen) atoms. The Bertz CT molecular complexity index is 372. The number of aliphatic carboxylic acids is 1. The lowest BCUT2D eigenvalue weighted by atomic mass is 9.93. The van der Waals surface area contributed by atoms with Gasteiger partial charge in [-0.05, 0) is 37.5 Å². The van der Waals surface area contributed by atoms with Crippen molar-refractivity contribution in [2.24, 2.45) is 17.8 Å². The number of amides is 2. The maximum absolute atomic E-state index is 12.3. The van der Waals surface area contributed by atoms with Crippen molar-refractivity contribution in [3.05, 3.63) is 0 Å². The van der Waals surface area contributed by atoms with Crippen LogP contribution in [0.1, 0.15) is 46.0 Å². The number of carboxylic acid groups (broad SMARTS) is 1. The fourth-order valence-corrected chi connectivity index (χ4v) is 3.64. The van der Waals surface area contributed by atoms with E-state index >= 15 is 0 Å². The molecule has 2 fully saturated rings. The van der Waals surface area contributed by atoms with Gasteiger partial charge in [-0.15, -0.1) is 0 Å². The molecule has 0 aromatic carbocycles. The van der Waals surface area contributed by atoms with Crippen LogP contribution in [-0.2, 0) is 4.79 Å². The fraction of sp³-hybridized carbons (Fsp3) is 0.867. The number of hydrogen-bond donors (Lipinski definition) is 2. The van der Waals surface area contributed by atoms with Gasteiger partial charge in [-0.3, -0.25) is 4.79 Å². The fourth-order valence-electron chi connectivity index (χ4n) is 3.64. The number of rotatable bonds is 3. The van der Waals surface area contributed by atoms with Crippen molar-refractivity contribution in [3.8, 4) is 0 Å². The molecule has 2 aliphatic rings. The molecule has 3 unspecified atom stereocenters. The van der Waals surface area contributed by atoms with E-state index in [0.29, 0.717) is 31.3 Å². The molecular weight excluding hydrogens is 256 g/mol. The van der Waals surface area contributed by atoms with E-state index in [1.165, 1.54) is 12.8 Å². The van der Waals surface area contributed by atoms with Crippen molar-refractivity contribution in [2.45, 2.75) is 52.0 Å². The first kappa shape index (κ1) is 15.1. The normalized spacial score (nSPS) is 34.0. The van der Waals surface area contributed by atoms with Gasteiger partial charge in [0.05, 0.1) is 5.92 Å². The quantitative estimate of drug-likeness (QED) is 0.834. The predicted molar refractivity (Wildman–Crippen MR) is 76.4 cm³/mol. The Balaban J connectivity index is 1.87. The number of nitrogens with one attached hydrogen (secondary N) is 1. The number of hydrogen-bond acceptors (Lipinski definition) is 2. The van der Waals surface area contributed by atoms with E-state index in [0.717, 1.165) is 12.8 Å². The number of carboxylic acids is 1. The molecule has 5 nitrogen and oxygen atoms in total. The van der Waals surface area contributed by atoms with Crippen LogP contribution in [0.15, 0.2) is 0 Å². The highest BCUT2D eigenvalue weighted by Gasteiger charge is 2.34. The minimum atomic E-state index is -0.789. The molecule has 1 aliphatic carbocycles. The summed E-state index contributed by atoms with van der Waals surface area (Å²) in [6, 6.07) is 0.169. The summed E-state index contributed by atoms with van der Waals surface area (Å²) in [5, 5.41) is 12.2. The lowest BCUT2D eigenvalue weighted by molar-refractivity contribution is -0.143. The molecule has 5 heteroatoms. The van der Waals surface area contributed by atoms with E-state index < -0.39 is 11.9 Å². The SMILES string of the molecule is CCC1CCC(NC(=O)N2CCC[C@H](C(=O)O)C2)C1C. The Morgan fingerprint density at radius 2 is 2.05 bits per heavy atom. The van der Waals surface area contributed by atoms with Crippen molar-refractivity contribution in [3.63, 3.8) is 0 Å². The van der Waals surface area contributed by atoms with E-state index in [1.54, 1.807) is 4.90 Å². The molecule has 1 heterocycles. The van der Waals surface area contributed by atoms with E-state index in [2.05, 4.69) is 19.2 Å². The lowest BCUT2D eigenvalue weighted by Crippen LogP contribution is -2.50. The highest BCUT2D eigenvalue weighted by molar-refractivity contribution is 5.76. The van der Waals surface area contributed by atoms with Crippen LogP contribution in [0.5, 0.6) is 0 Å². The first-order chi connectivity index (χ1) is 9.52.